The molecule has 1 N–H and O–H groups in total. The molecule has 104 valence electrons. The second-order valence-corrected chi connectivity index (χ2v) is 6.25. The summed E-state index contributed by atoms with van der Waals surface area (Å²) in [6, 6.07) is 8.27. The largest absolute Gasteiger partial charge is 0.338 e. The maximum Gasteiger partial charge on any atom is 0.244 e. The van der Waals surface area contributed by atoms with Gasteiger partial charge in [0.2, 0.25) is 5.91 Å². The Morgan fingerprint density at radius 2 is 1.95 bits per heavy atom. The summed E-state index contributed by atoms with van der Waals surface area (Å²) >= 11 is 0. The summed E-state index contributed by atoms with van der Waals surface area (Å²) in [4.78, 5) is 14.7. The van der Waals surface area contributed by atoms with Gasteiger partial charge in [0.15, 0.2) is 0 Å². The van der Waals surface area contributed by atoms with E-state index in [2.05, 4.69) is 51.2 Å². The van der Waals surface area contributed by atoms with Crippen molar-refractivity contribution in [3.8, 4) is 0 Å². The van der Waals surface area contributed by atoms with Crippen LogP contribution in [-0.4, -0.2) is 30.4 Å². The Morgan fingerprint density at radius 3 is 2.53 bits per heavy atom. The minimum Gasteiger partial charge on any atom is -0.338 e. The summed E-state index contributed by atoms with van der Waals surface area (Å²) in [5.74, 6) is 0.176. The van der Waals surface area contributed by atoms with Gasteiger partial charge in [0.1, 0.15) is 6.04 Å². The molecule has 1 aromatic carbocycles. The molecule has 1 unspecified atom stereocenters. The van der Waals surface area contributed by atoms with E-state index >= 15 is 0 Å². The Labute approximate surface area is 116 Å². The first-order chi connectivity index (χ1) is 8.88. The zero-order chi connectivity index (χ0) is 14.2. The molecule has 1 aliphatic heterocycles. The van der Waals surface area contributed by atoms with Crippen molar-refractivity contribution in [1.82, 2.24) is 10.2 Å². The van der Waals surface area contributed by atoms with Crippen LogP contribution in [0.4, 0.5) is 0 Å². The highest BCUT2D eigenvalue weighted by Gasteiger charge is 2.38. The van der Waals surface area contributed by atoms with Crippen molar-refractivity contribution in [2.45, 2.75) is 45.2 Å². The molecular formula is C16H24N2O. The lowest BCUT2D eigenvalue weighted by Gasteiger charge is -2.33. The van der Waals surface area contributed by atoms with Crippen LogP contribution in [0.5, 0.6) is 0 Å². The van der Waals surface area contributed by atoms with Gasteiger partial charge in [0.05, 0.1) is 0 Å². The molecule has 19 heavy (non-hydrogen) atoms. The van der Waals surface area contributed by atoms with E-state index in [-0.39, 0.29) is 23.4 Å². The van der Waals surface area contributed by atoms with E-state index in [1.54, 1.807) is 0 Å². The SMILES string of the molecule is CNC1C(=O)N(C(C)C)CC(C)(C)c2ccccc21. The standard InChI is InChI=1S/C16H24N2O/c1-11(2)18-10-16(3,4)13-9-7-6-8-12(13)14(17-5)15(18)19/h6-9,11,14,17H,10H2,1-5H3. The molecule has 2 rings (SSSR count). The number of benzene rings is 1. The third-order valence-electron chi connectivity index (χ3n) is 4.01. The van der Waals surface area contributed by atoms with E-state index in [0.29, 0.717) is 0 Å². The first-order valence-electron chi connectivity index (χ1n) is 6.95. The van der Waals surface area contributed by atoms with Crippen molar-refractivity contribution in [3.63, 3.8) is 0 Å². The first kappa shape index (κ1) is 14.1. The predicted molar refractivity (Wildman–Crippen MR) is 78.1 cm³/mol. The zero-order valence-electron chi connectivity index (χ0n) is 12.5. The Balaban J connectivity index is 2.59. The molecule has 1 aliphatic rings. The number of nitrogens with one attached hydrogen (secondary N) is 1. The molecule has 0 aliphatic carbocycles. The van der Waals surface area contributed by atoms with Crippen molar-refractivity contribution >= 4 is 5.91 Å². The van der Waals surface area contributed by atoms with Crippen LogP contribution in [0, 0.1) is 0 Å². The first-order valence-corrected chi connectivity index (χ1v) is 6.95. The molecule has 0 bridgehead atoms. The Bertz CT molecular complexity index is 479. The van der Waals surface area contributed by atoms with Gasteiger partial charge in [-0.2, -0.15) is 0 Å². The second-order valence-electron chi connectivity index (χ2n) is 6.25. The third kappa shape index (κ3) is 2.39. The fourth-order valence-electron chi connectivity index (χ4n) is 2.97. The molecule has 1 atom stereocenters. The molecule has 0 spiro atoms. The topological polar surface area (TPSA) is 32.3 Å². The van der Waals surface area contributed by atoms with Crippen LogP contribution in [0.3, 0.4) is 0 Å². The van der Waals surface area contributed by atoms with Crippen molar-refractivity contribution in [1.29, 1.82) is 0 Å². The van der Waals surface area contributed by atoms with Crippen LogP contribution in [-0.2, 0) is 10.2 Å². The van der Waals surface area contributed by atoms with Gasteiger partial charge in [-0.05, 0) is 32.0 Å². The van der Waals surface area contributed by atoms with Crippen molar-refractivity contribution in [2.75, 3.05) is 13.6 Å². The predicted octanol–water partition coefficient (Wildman–Crippen LogP) is 2.48. The fourth-order valence-corrected chi connectivity index (χ4v) is 2.97. The number of amides is 1. The van der Waals surface area contributed by atoms with Crippen LogP contribution >= 0.6 is 0 Å². The number of hydrogen-bond donors (Lipinski definition) is 1. The monoisotopic (exact) mass is 260 g/mol. The smallest absolute Gasteiger partial charge is 0.244 e. The van der Waals surface area contributed by atoms with Crippen molar-refractivity contribution in [2.24, 2.45) is 0 Å². The molecule has 0 saturated carbocycles. The van der Waals surface area contributed by atoms with E-state index < -0.39 is 0 Å². The normalized spacial score (nSPS) is 22.3. The Morgan fingerprint density at radius 1 is 1.32 bits per heavy atom. The van der Waals surface area contributed by atoms with E-state index in [0.717, 1.165) is 12.1 Å². The van der Waals surface area contributed by atoms with Gasteiger partial charge in [0.25, 0.3) is 0 Å². The minimum absolute atomic E-state index is 0.0257. The van der Waals surface area contributed by atoms with Crippen LogP contribution in [0.25, 0.3) is 0 Å². The molecule has 0 saturated heterocycles. The summed E-state index contributed by atoms with van der Waals surface area (Å²) < 4.78 is 0. The molecular weight excluding hydrogens is 236 g/mol. The van der Waals surface area contributed by atoms with E-state index in [4.69, 9.17) is 0 Å². The van der Waals surface area contributed by atoms with E-state index in [1.807, 2.05) is 18.0 Å². The number of fused-ring (bicyclic) bond motifs is 1. The third-order valence-corrected chi connectivity index (χ3v) is 4.01. The van der Waals surface area contributed by atoms with Gasteiger partial charge in [-0.3, -0.25) is 4.79 Å². The molecule has 3 nitrogen and oxygen atoms in total. The second kappa shape index (κ2) is 4.97. The maximum atomic E-state index is 12.7. The lowest BCUT2D eigenvalue weighted by Crippen LogP contribution is -2.45. The van der Waals surface area contributed by atoms with Crippen LogP contribution in [0.2, 0.25) is 0 Å². The quantitative estimate of drug-likeness (QED) is 0.886. The van der Waals surface area contributed by atoms with Gasteiger partial charge >= 0.3 is 0 Å². The zero-order valence-corrected chi connectivity index (χ0v) is 12.5. The van der Waals surface area contributed by atoms with Gasteiger partial charge < -0.3 is 10.2 Å². The Kier molecular flexibility index (Phi) is 3.68. The lowest BCUT2D eigenvalue weighted by molar-refractivity contribution is -0.135. The van der Waals surface area contributed by atoms with E-state index in [1.165, 1.54) is 5.56 Å². The highest BCUT2D eigenvalue weighted by atomic mass is 16.2. The molecule has 1 aromatic rings. The maximum absolute atomic E-state index is 12.7. The Hall–Kier alpha value is -1.35. The summed E-state index contributed by atoms with van der Waals surface area (Å²) in [6.45, 7) is 9.35. The molecule has 1 heterocycles. The molecule has 1 amide bonds. The number of nitrogens with zero attached hydrogens (tertiary/aromatic N) is 1. The van der Waals surface area contributed by atoms with Crippen molar-refractivity contribution in [3.05, 3.63) is 35.4 Å². The number of likely N-dealkylation sites (N-methyl/N-ethyl adjacent to an activating group) is 1. The average molecular weight is 260 g/mol. The van der Waals surface area contributed by atoms with Crippen molar-refractivity contribution < 1.29 is 4.79 Å². The summed E-state index contributed by atoms with van der Waals surface area (Å²) in [6.07, 6.45) is 0. The summed E-state index contributed by atoms with van der Waals surface area (Å²) in [5.41, 5.74) is 2.36. The number of rotatable bonds is 2. The average Bonchev–Trinajstić information content (AvgIpc) is 2.44. The summed E-state index contributed by atoms with van der Waals surface area (Å²) in [5, 5.41) is 3.18. The highest BCUT2D eigenvalue weighted by Crippen LogP contribution is 2.35. The van der Waals surface area contributed by atoms with Gasteiger partial charge in [-0.1, -0.05) is 38.1 Å². The van der Waals surface area contributed by atoms with Crippen LogP contribution < -0.4 is 5.32 Å². The highest BCUT2D eigenvalue weighted by molar-refractivity contribution is 5.85. The number of carbonyl (C=O) groups excluding carboxylic acids is 1. The molecule has 0 fully saturated rings. The lowest BCUT2D eigenvalue weighted by atomic mass is 9.81. The number of hydrogen-bond acceptors (Lipinski definition) is 2. The summed E-state index contributed by atoms with van der Waals surface area (Å²) in [7, 11) is 1.86. The fraction of sp³-hybridized carbons (Fsp3) is 0.562. The molecule has 0 radical (unpaired) electrons. The van der Waals surface area contributed by atoms with E-state index in [9.17, 15) is 4.79 Å². The minimum atomic E-state index is -0.236. The van der Waals surface area contributed by atoms with Crippen LogP contribution in [0.1, 0.15) is 44.9 Å². The molecule has 3 heteroatoms. The van der Waals surface area contributed by atoms with Crippen LogP contribution in [0.15, 0.2) is 24.3 Å². The van der Waals surface area contributed by atoms with Gasteiger partial charge in [0, 0.05) is 18.0 Å². The van der Waals surface area contributed by atoms with Gasteiger partial charge in [-0.25, -0.2) is 0 Å². The molecule has 0 aromatic heterocycles. The van der Waals surface area contributed by atoms with Gasteiger partial charge in [-0.15, -0.1) is 0 Å². The number of carbonyl (C=O) groups is 1.